The van der Waals surface area contributed by atoms with E-state index >= 15 is 0 Å². The first-order chi connectivity index (χ1) is 8.99. The van der Waals surface area contributed by atoms with Crippen molar-refractivity contribution in [1.29, 1.82) is 0 Å². The normalized spacial score (nSPS) is 19.7. The average Bonchev–Trinajstić information content (AvgIpc) is 2.80. The van der Waals surface area contributed by atoms with Gasteiger partial charge in [-0.2, -0.15) is 0 Å². The molecule has 1 saturated heterocycles. The largest absolute Gasteiger partial charge is 0.369 e. The van der Waals surface area contributed by atoms with Gasteiger partial charge in [0.1, 0.15) is 6.04 Å². The van der Waals surface area contributed by atoms with Gasteiger partial charge in [-0.15, -0.1) is 0 Å². The molecular weight excluding hydrogens is 268 g/mol. The fourth-order valence-electron chi connectivity index (χ4n) is 2.35. The summed E-state index contributed by atoms with van der Waals surface area (Å²) in [5, 5.41) is 0.527. The zero-order valence-corrected chi connectivity index (χ0v) is 10.9. The van der Waals surface area contributed by atoms with Gasteiger partial charge in [0, 0.05) is 12.1 Å². The highest BCUT2D eigenvalue weighted by molar-refractivity contribution is 6.31. The quantitative estimate of drug-likeness (QED) is 0.795. The van der Waals surface area contributed by atoms with Gasteiger partial charge in [-0.3, -0.25) is 19.1 Å². The van der Waals surface area contributed by atoms with Crippen molar-refractivity contribution >= 4 is 40.4 Å². The number of hydrogen-bond acceptors (Lipinski definition) is 4. The smallest absolute Gasteiger partial charge is 0.252 e. The van der Waals surface area contributed by atoms with Crippen molar-refractivity contribution in [3.05, 3.63) is 23.2 Å². The lowest BCUT2D eigenvalue weighted by molar-refractivity contribution is -0.137. The van der Waals surface area contributed by atoms with E-state index in [0.29, 0.717) is 16.1 Å². The molecule has 19 heavy (non-hydrogen) atoms. The number of carbonyl (C=O) groups is 2. The van der Waals surface area contributed by atoms with Gasteiger partial charge >= 0.3 is 0 Å². The molecule has 1 aliphatic rings. The lowest BCUT2D eigenvalue weighted by Crippen LogP contribution is -2.27. The summed E-state index contributed by atoms with van der Waals surface area (Å²) in [4.78, 5) is 29.0. The number of likely N-dealkylation sites (tertiary alicyclic amines) is 1. The highest BCUT2D eigenvalue weighted by Gasteiger charge is 2.38. The van der Waals surface area contributed by atoms with Crippen molar-refractivity contribution in [3.63, 3.8) is 0 Å². The maximum Gasteiger partial charge on any atom is 0.252 e. The maximum atomic E-state index is 12.1. The highest BCUT2D eigenvalue weighted by atomic mass is 35.5. The summed E-state index contributed by atoms with van der Waals surface area (Å²) >= 11 is 5.96. The van der Waals surface area contributed by atoms with Gasteiger partial charge < -0.3 is 5.73 Å². The van der Waals surface area contributed by atoms with Gasteiger partial charge in [-0.1, -0.05) is 11.6 Å². The number of imidazole rings is 1. The molecule has 1 fully saturated rings. The van der Waals surface area contributed by atoms with Crippen LogP contribution in [0.2, 0.25) is 5.02 Å². The number of fused-ring (bicyclic) bond motifs is 1. The Labute approximate surface area is 113 Å². The molecule has 0 aliphatic carbocycles. The summed E-state index contributed by atoms with van der Waals surface area (Å²) in [6.07, 6.45) is 0.0947. The molecule has 0 bridgehead atoms. The second-order valence-corrected chi connectivity index (χ2v) is 4.92. The van der Waals surface area contributed by atoms with E-state index in [1.807, 2.05) is 0 Å². The Morgan fingerprint density at radius 3 is 2.79 bits per heavy atom. The van der Waals surface area contributed by atoms with E-state index in [9.17, 15) is 9.59 Å². The van der Waals surface area contributed by atoms with Gasteiger partial charge in [0.15, 0.2) is 0 Å². The molecule has 0 radical (unpaired) electrons. The summed E-state index contributed by atoms with van der Waals surface area (Å²) < 4.78 is 1.57. The molecule has 3 rings (SSSR count). The Morgan fingerprint density at radius 2 is 2.16 bits per heavy atom. The lowest BCUT2D eigenvalue weighted by atomic mass is 10.2. The van der Waals surface area contributed by atoms with Gasteiger partial charge in [-0.25, -0.2) is 4.98 Å². The van der Waals surface area contributed by atoms with E-state index in [0.717, 1.165) is 4.90 Å². The molecule has 1 aromatic heterocycles. The third kappa shape index (κ3) is 1.67. The number of likely N-dealkylation sites (N-methyl/N-ethyl adjacent to an activating group) is 1. The summed E-state index contributed by atoms with van der Waals surface area (Å²) in [7, 11) is 1.47. The second-order valence-electron chi connectivity index (χ2n) is 4.48. The molecular formula is C12H11ClN4O2. The van der Waals surface area contributed by atoms with Crippen LogP contribution in [0.15, 0.2) is 18.2 Å². The molecule has 1 atom stereocenters. The summed E-state index contributed by atoms with van der Waals surface area (Å²) in [6, 6.07) is 4.49. The Morgan fingerprint density at radius 1 is 1.42 bits per heavy atom. The molecule has 2 aromatic rings. The van der Waals surface area contributed by atoms with E-state index in [1.54, 1.807) is 22.8 Å². The second kappa shape index (κ2) is 3.96. The molecule has 2 heterocycles. The van der Waals surface area contributed by atoms with Crippen molar-refractivity contribution in [1.82, 2.24) is 14.5 Å². The first-order valence-electron chi connectivity index (χ1n) is 5.72. The summed E-state index contributed by atoms with van der Waals surface area (Å²) in [6.45, 7) is 0. The van der Waals surface area contributed by atoms with Crippen LogP contribution in [0.5, 0.6) is 0 Å². The first kappa shape index (κ1) is 12.0. The third-order valence-electron chi connectivity index (χ3n) is 3.35. The molecule has 0 saturated carbocycles. The number of nitrogens with two attached hydrogens (primary N) is 1. The molecule has 0 spiro atoms. The highest BCUT2D eigenvalue weighted by Crippen LogP contribution is 2.31. The minimum Gasteiger partial charge on any atom is -0.369 e. The van der Waals surface area contributed by atoms with E-state index in [1.165, 1.54) is 7.05 Å². The van der Waals surface area contributed by atoms with Crippen LogP contribution in [0.1, 0.15) is 12.5 Å². The zero-order chi connectivity index (χ0) is 13.7. The van der Waals surface area contributed by atoms with Crippen molar-refractivity contribution in [2.24, 2.45) is 0 Å². The summed E-state index contributed by atoms with van der Waals surface area (Å²) in [5.74, 6) is -0.298. The standard InChI is InChI=1S/C12H11ClN4O2/c1-16-10(18)5-9(11(16)19)17-8-4-6(13)2-3-7(8)15-12(17)14/h2-4,9H,5H2,1H3,(H2,14,15). The van der Waals surface area contributed by atoms with Gasteiger partial charge in [0.05, 0.1) is 17.5 Å². The van der Waals surface area contributed by atoms with E-state index in [-0.39, 0.29) is 24.2 Å². The Hall–Kier alpha value is -2.08. The number of imide groups is 1. The number of hydrogen-bond donors (Lipinski definition) is 1. The minimum absolute atomic E-state index is 0.0947. The first-order valence-corrected chi connectivity index (χ1v) is 6.10. The average molecular weight is 279 g/mol. The number of anilines is 1. The van der Waals surface area contributed by atoms with E-state index < -0.39 is 6.04 Å². The van der Waals surface area contributed by atoms with Crippen molar-refractivity contribution in [3.8, 4) is 0 Å². The fraction of sp³-hybridized carbons (Fsp3) is 0.250. The topological polar surface area (TPSA) is 81.2 Å². The van der Waals surface area contributed by atoms with E-state index in [2.05, 4.69) is 4.98 Å². The third-order valence-corrected chi connectivity index (χ3v) is 3.58. The summed E-state index contributed by atoms with van der Waals surface area (Å²) in [5.41, 5.74) is 7.17. The number of amides is 2. The molecule has 1 unspecified atom stereocenters. The molecule has 1 aliphatic heterocycles. The monoisotopic (exact) mass is 278 g/mol. The van der Waals surface area contributed by atoms with Crippen LogP contribution in [0.25, 0.3) is 11.0 Å². The Balaban J connectivity index is 2.20. The van der Waals surface area contributed by atoms with Crippen LogP contribution in [0, 0.1) is 0 Å². The van der Waals surface area contributed by atoms with Gasteiger partial charge in [-0.05, 0) is 18.2 Å². The van der Waals surface area contributed by atoms with Crippen LogP contribution < -0.4 is 5.73 Å². The molecule has 7 heteroatoms. The number of rotatable bonds is 1. The minimum atomic E-state index is -0.638. The molecule has 1 aromatic carbocycles. The van der Waals surface area contributed by atoms with Crippen LogP contribution >= 0.6 is 11.6 Å². The van der Waals surface area contributed by atoms with Crippen LogP contribution in [0.4, 0.5) is 5.95 Å². The predicted octanol–water partition coefficient (Wildman–Crippen LogP) is 1.20. The van der Waals surface area contributed by atoms with Crippen LogP contribution in [0.3, 0.4) is 0 Å². The number of benzene rings is 1. The van der Waals surface area contributed by atoms with Crippen LogP contribution in [-0.2, 0) is 9.59 Å². The van der Waals surface area contributed by atoms with Crippen molar-refractivity contribution < 1.29 is 9.59 Å². The molecule has 2 amide bonds. The molecule has 98 valence electrons. The zero-order valence-electron chi connectivity index (χ0n) is 10.1. The lowest BCUT2D eigenvalue weighted by Gasteiger charge is -2.12. The fourth-order valence-corrected chi connectivity index (χ4v) is 2.52. The number of halogens is 1. The predicted molar refractivity (Wildman–Crippen MR) is 70.6 cm³/mol. The maximum absolute atomic E-state index is 12.1. The molecule has 2 N–H and O–H groups in total. The Bertz CT molecular complexity index is 709. The van der Waals surface area contributed by atoms with Gasteiger partial charge in [0.25, 0.3) is 5.91 Å². The Kier molecular flexibility index (Phi) is 2.50. The number of nitrogen functional groups attached to an aromatic ring is 1. The van der Waals surface area contributed by atoms with Gasteiger partial charge in [0.2, 0.25) is 11.9 Å². The van der Waals surface area contributed by atoms with Crippen molar-refractivity contribution in [2.45, 2.75) is 12.5 Å². The number of carbonyl (C=O) groups excluding carboxylic acids is 2. The number of aromatic nitrogens is 2. The van der Waals surface area contributed by atoms with E-state index in [4.69, 9.17) is 17.3 Å². The number of nitrogens with zero attached hydrogens (tertiary/aromatic N) is 3. The SMILES string of the molecule is CN1C(=O)CC(n2c(N)nc3ccc(Cl)cc32)C1=O. The molecule has 6 nitrogen and oxygen atoms in total. The van der Waals surface area contributed by atoms with Crippen molar-refractivity contribution in [2.75, 3.05) is 12.8 Å². The van der Waals surface area contributed by atoms with Crippen LogP contribution in [-0.4, -0.2) is 33.3 Å².